The van der Waals surface area contributed by atoms with Gasteiger partial charge in [0.25, 0.3) is 0 Å². The number of rotatable bonds is 6. The van der Waals surface area contributed by atoms with E-state index in [4.69, 9.17) is 5.73 Å². The number of phenols is 1. The van der Waals surface area contributed by atoms with Gasteiger partial charge in [0, 0.05) is 6.42 Å². The van der Waals surface area contributed by atoms with Gasteiger partial charge in [0.15, 0.2) is 0 Å². The number of nitrogens with one attached hydrogen (secondary N) is 1. The number of amides is 1. The summed E-state index contributed by atoms with van der Waals surface area (Å²) in [5.74, 6) is -1.31. The van der Waals surface area contributed by atoms with E-state index in [0.29, 0.717) is 5.56 Å². The minimum atomic E-state index is -1.11. The van der Waals surface area contributed by atoms with Gasteiger partial charge in [-0.2, -0.15) is 0 Å². The van der Waals surface area contributed by atoms with Crippen LogP contribution in [0.3, 0.4) is 0 Å². The highest BCUT2D eigenvalue weighted by atomic mass is 16.4. The zero-order valence-electron chi connectivity index (χ0n) is 11.9. The lowest BCUT2D eigenvalue weighted by atomic mass is 9.95. The fourth-order valence-corrected chi connectivity index (χ4v) is 2.25. The second kappa shape index (κ2) is 5.73. The number of carboxylic acid groups (broad SMARTS) is 1. The van der Waals surface area contributed by atoms with Crippen molar-refractivity contribution in [3.8, 4) is 5.75 Å². The lowest BCUT2D eigenvalue weighted by Crippen LogP contribution is -2.57. The predicted molar refractivity (Wildman–Crippen MR) is 76.7 cm³/mol. The normalized spacial score (nSPS) is 18.6. The van der Waals surface area contributed by atoms with E-state index >= 15 is 0 Å². The van der Waals surface area contributed by atoms with E-state index in [1.54, 1.807) is 19.1 Å². The number of phenolic OH excluding ortho intramolecular Hbond substituents is 1. The number of hydrogen-bond acceptors (Lipinski definition) is 4. The third kappa shape index (κ3) is 3.72. The van der Waals surface area contributed by atoms with E-state index in [9.17, 15) is 19.8 Å². The standard InChI is InChI=1S/C15H20N2O4/c1-15(16,10-4-5-10)14(21)17-12(13(19)20)8-9-2-6-11(18)7-3-9/h2-3,6-7,10,12,18H,4-5,8,16H2,1H3,(H,17,21)(H,19,20). The Morgan fingerprint density at radius 3 is 2.43 bits per heavy atom. The predicted octanol–water partition coefficient (Wildman–Crippen LogP) is 0.631. The zero-order chi connectivity index (χ0) is 15.6. The molecule has 21 heavy (non-hydrogen) atoms. The second-order valence-electron chi connectivity index (χ2n) is 5.79. The Morgan fingerprint density at radius 1 is 1.38 bits per heavy atom. The van der Waals surface area contributed by atoms with Crippen LogP contribution in [0.4, 0.5) is 0 Å². The molecule has 6 nitrogen and oxygen atoms in total. The fourth-order valence-electron chi connectivity index (χ4n) is 2.25. The Kier molecular flexibility index (Phi) is 4.18. The highest BCUT2D eigenvalue weighted by Crippen LogP contribution is 2.38. The summed E-state index contributed by atoms with van der Waals surface area (Å²) in [6.45, 7) is 1.64. The summed E-state index contributed by atoms with van der Waals surface area (Å²) in [7, 11) is 0. The molecule has 2 rings (SSSR count). The average Bonchev–Trinajstić information content (AvgIpc) is 3.24. The Morgan fingerprint density at radius 2 is 1.95 bits per heavy atom. The summed E-state index contributed by atoms with van der Waals surface area (Å²) in [4.78, 5) is 23.5. The quantitative estimate of drug-likeness (QED) is 0.614. The molecule has 1 saturated carbocycles. The minimum Gasteiger partial charge on any atom is -0.508 e. The summed E-state index contributed by atoms with van der Waals surface area (Å²) in [5, 5.41) is 21.0. The number of nitrogens with two attached hydrogens (primary N) is 1. The molecule has 0 saturated heterocycles. The summed E-state index contributed by atoms with van der Waals surface area (Å²) in [6.07, 6.45) is 1.94. The highest BCUT2D eigenvalue weighted by molar-refractivity contribution is 5.90. The van der Waals surface area contributed by atoms with Gasteiger partial charge < -0.3 is 21.3 Å². The van der Waals surface area contributed by atoms with Crippen LogP contribution in [0.15, 0.2) is 24.3 Å². The lowest BCUT2D eigenvalue weighted by Gasteiger charge is -2.25. The highest BCUT2D eigenvalue weighted by Gasteiger charge is 2.44. The number of benzene rings is 1. The number of carbonyl (C=O) groups is 2. The first-order valence-electron chi connectivity index (χ1n) is 6.91. The number of carbonyl (C=O) groups excluding carboxylic acids is 1. The lowest BCUT2D eigenvalue weighted by molar-refractivity contribution is -0.142. The maximum Gasteiger partial charge on any atom is 0.326 e. The van der Waals surface area contributed by atoms with E-state index in [2.05, 4.69) is 5.32 Å². The Bertz CT molecular complexity index is 535. The van der Waals surface area contributed by atoms with Gasteiger partial charge in [0.05, 0.1) is 5.54 Å². The third-order valence-electron chi connectivity index (χ3n) is 3.89. The Hall–Kier alpha value is -2.08. The molecule has 5 N–H and O–H groups in total. The Balaban J connectivity index is 2.03. The smallest absolute Gasteiger partial charge is 0.326 e. The van der Waals surface area contributed by atoms with Crippen molar-refractivity contribution in [2.75, 3.05) is 0 Å². The van der Waals surface area contributed by atoms with Crippen molar-refractivity contribution in [3.63, 3.8) is 0 Å². The number of aliphatic carboxylic acids is 1. The van der Waals surface area contributed by atoms with Gasteiger partial charge in [0.1, 0.15) is 11.8 Å². The monoisotopic (exact) mass is 292 g/mol. The van der Waals surface area contributed by atoms with Gasteiger partial charge in [-0.15, -0.1) is 0 Å². The number of carboxylic acids is 1. The molecule has 0 bridgehead atoms. The number of aromatic hydroxyl groups is 1. The van der Waals surface area contributed by atoms with Gasteiger partial charge in [-0.1, -0.05) is 12.1 Å². The molecular formula is C15H20N2O4. The van der Waals surface area contributed by atoms with Gasteiger partial charge >= 0.3 is 5.97 Å². The first-order valence-corrected chi connectivity index (χ1v) is 6.91. The molecule has 0 radical (unpaired) electrons. The molecule has 0 spiro atoms. The first kappa shape index (κ1) is 15.3. The van der Waals surface area contributed by atoms with Crippen LogP contribution in [-0.4, -0.2) is 33.7 Å². The maximum atomic E-state index is 12.2. The zero-order valence-corrected chi connectivity index (χ0v) is 11.9. The van der Waals surface area contributed by atoms with Crippen molar-refractivity contribution in [1.29, 1.82) is 0 Å². The van der Waals surface area contributed by atoms with Crippen molar-refractivity contribution in [2.24, 2.45) is 11.7 Å². The second-order valence-corrected chi connectivity index (χ2v) is 5.79. The van der Waals surface area contributed by atoms with E-state index in [1.165, 1.54) is 12.1 Å². The molecule has 1 aliphatic rings. The van der Waals surface area contributed by atoms with Crippen LogP contribution in [0.5, 0.6) is 5.75 Å². The minimum absolute atomic E-state index is 0.109. The molecule has 1 amide bonds. The molecule has 114 valence electrons. The molecule has 6 heteroatoms. The van der Waals surface area contributed by atoms with Crippen LogP contribution >= 0.6 is 0 Å². The summed E-state index contributed by atoms with van der Waals surface area (Å²) < 4.78 is 0. The molecular weight excluding hydrogens is 272 g/mol. The summed E-state index contributed by atoms with van der Waals surface area (Å²) >= 11 is 0. The van der Waals surface area contributed by atoms with Crippen LogP contribution in [-0.2, 0) is 16.0 Å². The summed E-state index contributed by atoms with van der Waals surface area (Å²) in [6, 6.07) is 5.17. The van der Waals surface area contributed by atoms with Crippen molar-refractivity contribution in [2.45, 2.75) is 37.8 Å². The van der Waals surface area contributed by atoms with Crippen molar-refractivity contribution in [3.05, 3.63) is 29.8 Å². The van der Waals surface area contributed by atoms with Crippen molar-refractivity contribution in [1.82, 2.24) is 5.32 Å². The summed E-state index contributed by atoms with van der Waals surface area (Å²) in [5.41, 5.74) is 5.68. The van der Waals surface area contributed by atoms with Crippen LogP contribution in [0.25, 0.3) is 0 Å². The SMILES string of the molecule is CC(N)(C(=O)NC(Cc1ccc(O)cc1)C(=O)O)C1CC1. The first-order chi connectivity index (χ1) is 9.80. The van der Waals surface area contributed by atoms with E-state index < -0.39 is 23.5 Å². The van der Waals surface area contributed by atoms with E-state index in [1.807, 2.05) is 0 Å². The fraction of sp³-hybridized carbons (Fsp3) is 0.467. The number of hydrogen-bond donors (Lipinski definition) is 4. The average molecular weight is 292 g/mol. The van der Waals surface area contributed by atoms with Gasteiger partial charge in [-0.05, 0) is 43.4 Å². The molecule has 1 aromatic carbocycles. The van der Waals surface area contributed by atoms with Crippen molar-refractivity contribution < 1.29 is 19.8 Å². The van der Waals surface area contributed by atoms with Gasteiger partial charge in [-0.3, -0.25) is 4.79 Å². The molecule has 2 atom stereocenters. The molecule has 1 fully saturated rings. The molecule has 1 aliphatic carbocycles. The van der Waals surface area contributed by atoms with Gasteiger partial charge in [-0.25, -0.2) is 4.79 Å². The topological polar surface area (TPSA) is 113 Å². The molecule has 0 heterocycles. The van der Waals surface area contributed by atoms with E-state index in [-0.39, 0.29) is 18.1 Å². The molecule has 2 unspecified atom stereocenters. The Labute approximate surface area is 123 Å². The maximum absolute atomic E-state index is 12.2. The van der Waals surface area contributed by atoms with Crippen LogP contribution in [0.1, 0.15) is 25.3 Å². The van der Waals surface area contributed by atoms with Crippen LogP contribution in [0.2, 0.25) is 0 Å². The third-order valence-corrected chi connectivity index (χ3v) is 3.89. The van der Waals surface area contributed by atoms with E-state index in [0.717, 1.165) is 12.8 Å². The largest absolute Gasteiger partial charge is 0.508 e. The van der Waals surface area contributed by atoms with Crippen LogP contribution in [0, 0.1) is 5.92 Å². The van der Waals surface area contributed by atoms with Crippen molar-refractivity contribution >= 4 is 11.9 Å². The van der Waals surface area contributed by atoms with Crippen LogP contribution < -0.4 is 11.1 Å². The molecule has 1 aromatic rings. The molecule has 0 aliphatic heterocycles. The molecule has 0 aromatic heterocycles. The van der Waals surface area contributed by atoms with Gasteiger partial charge in [0.2, 0.25) is 5.91 Å².